The Morgan fingerprint density at radius 2 is 1.97 bits per heavy atom. The van der Waals surface area contributed by atoms with Crippen molar-refractivity contribution >= 4 is 35.6 Å². The first kappa shape index (κ1) is 23.0. The van der Waals surface area contributed by atoms with Gasteiger partial charge in [0.05, 0.1) is 12.9 Å². The van der Waals surface area contributed by atoms with Crippen LogP contribution in [0.1, 0.15) is 27.0 Å². The fourth-order valence-corrected chi connectivity index (χ4v) is 4.56. The van der Waals surface area contributed by atoms with Crippen molar-refractivity contribution in [2.24, 2.45) is 5.14 Å². The lowest BCUT2D eigenvalue weighted by Crippen LogP contribution is -2.49. The minimum Gasteiger partial charge on any atom is -0.407 e. The van der Waals surface area contributed by atoms with Gasteiger partial charge in [0.2, 0.25) is 0 Å². The Kier molecular flexibility index (Phi) is 5.96. The third-order valence-corrected chi connectivity index (χ3v) is 10.5. The lowest BCUT2D eigenvalue weighted by molar-refractivity contribution is -0.0450. The van der Waals surface area contributed by atoms with Gasteiger partial charge in [0, 0.05) is 0 Å². The highest BCUT2D eigenvalue weighted by Crippen LogP contribution is 2.42. The van der Waals surface area contributed by atoms with E-state index in [1.165, 1.54) is 12.7 Å². The third kappa shape index (κ3) is 4.49. The summed E-state index contributed by atoms with van der Waals surface area (Å²) in [6.45, 7) is 9.82. The Morgan fingerprint density at radius 1 is 1.30 bits per heavy atom. The molecule has 1 fully saturated rings. The molecule has 0 bridgehead atoms. The van der Waals surface area contributed by atoms with Crippen molar-refractivity contribution in [3.63, 3.8) is 0 Å². The Morgan fingerprint density at radius 3 is 2.57 bits per heavy atom. The molecular formula is C16H28N6O6SSi. The fourth-order valence-electron chi connectivity index (χ4n) is 2.94. The van der Waals surface area contributed by atoms with E-state index in [9.17, 15) is 13.5 Å². The van der Waals surface area contributed by atoms with E-state index in [0.717, 1.165) is 0 Å². The van der Waals surface area contributed by atoms with E-state index in [4.69, 9.17) is 20.0 Å². The number of ether oxygens (including phenoxy) is 1. The van der Waals surface area contributed by atoms with E-state index in [1.807, 2.05) is 13.1 Å². The molecule has 0 spiro atoms. The molecule has 168 valence electrons. The Bertz CT molecular complexity index is 1020. The van der Waals surface area contributed by atoms with Gasteiger partial charge in [0.25, 0.3) is 0 Å². The lowest BCUT2D eigenvalue weighted by Gasteiger charge is -2.40. The molecule has 0 amide bonds. The molecule has 0 aromatic carbocycles. The molecule has 4 atom stereocenters. The number of nitrogen functional groups attached to an aromatic ring is 1. The number of rotatable bonds is 6. The van der Waals surface area contributed by atoms with Crippen LogP contribution < -0.4 is 10.9 Å². The summed E-state index contributed by atoms with van der Waals surface area (Å²) in [5, 5.41) is 15.7. The second kappa shape index (κ2) is 7.78. The minimum absolute atomic E-state index is 0.143. The summed E-state index contributed by atoms with van der Waals surface area (Å²) >= 11 is 0. The van der Waals surface area contributed by atoms with Crippen LogP contribution in [0.3, 0.4) is 0 Å². The molecular weight excluding hydrogens is 432 g/mol. The molecule has 0 aliphatic carbocycles. The molecule has 1 aliphatic heterocycles. The van der Waals surface area contributed by atoms with Gasteiger partial charge in [0.15, 0.2) is 26.0 Å². The first-order valence-corrected chi connectivity index (χ1v) is 13.7. The predicted molar refractivity (Wildman–Crippen MR) is 111 cm³/mol. The first-order chi connectivity index (χ1) is 13.7. The van der Waals surface area contributed by atoms with Crippen molar-refractivity contribution < 1.29 is 26.9 Å². The predicted octanol–water partition coefficient (Wildman–Crippen LogP) is 0.277. The molecule has 12 nitrogen and oxygen atoms in total. The normalized spacial score (nSPS) is 25.8. The summed E-state index contributed by atoms with van der Waals surface area (Å²) in [6, 6.07) is 0. The standard InChI is InChI=1S/C16H28N6O6SSi/c1-16(2,3)30(4,5)28-12-11(23)9(6-26-29(18,24)25)27-15(12)22-8-21-10-13(17)19-7-20-14(10)22/h7-9,11-12,15,23H,6H2,1-5H3,(H2,17,19,20)(H2,18,24,25)/t9-,11-,12-,15-/m1/s1. The van der Waals surface area contributed by atoms with Gasteiger partial charge < -0.3 is 20.0 Å². The average molecular weight is 461 g/mol. The highest BCUT2D eigenvalue weighted by Gasteiger charge is 2.51. The van der Waals surface area contributed by atoms with Gasteiger partial charge in [0.1, 0.15) is 30.2 Å². The SMILES string of the molecule is CC(C)(C)[Si](C)(C)O[C@@H]1[C@H](O)[C@@H](COS(N)(=O)=O)O[C@H]1n1cnc2c(N)ncnc21. The highest BCUT2D eigenvalue weighted by molar-refractivity contribution is 7.84. The van der Waals surface area contributed by atoms with Gasteiger partial charge in [-0.15, -0.1) is 0 Å². The second-order valence-corrected chi connectivity index (χ2v) is 14.7. The number of aliphatic hydroxyl groups excluding tert-OH is 1. The van der Waals surface area contributed by atoms with E-state index >= 15 is 0 Å². The van der Waals surface area contributed by atoms with E-state index in [2.05, 4.69) is 39.9 Å². The number of anilines is 1. The Hall–Kier alpha value is -1.68. The van der Waals surface area contributed by atoms with Crippen LogP contribution in [0, 0.1) is 0 Å². The zero-order valence-electron chi connectivity index (χ0n) is 17.5. The summed E-state index contributed by atoms with van der Waals surface area (Å²) < 4.78 is 41.1. The van der Waals surface area contributed by atoms with Gasteiger partial charge >= 0.3 is 10.3 Å². The molecule has 0 saturated carbocycles. The summed E-state index contributed by atoms with van der Waals surface area (Å²) in [7, 11) is -6.55. The van der Waals surface area contributed by atoms with Crippen molar-refractivity contribution in [2.45, 2.75) is 63.4 Å². The van der Waals surface area contributed by atoms with Crippen LogP contribution in [0.15, 0.2) is 12.7 Å². The van der Waals surface area contributed by atoms with Crippen LogP contribution >= 0.6 is 0 Å². The van der Waals surface area contributed by atoms with Crippen molar-refractivity contribution in [3.05, 3.63) is 12.7 Å². The molecule has 0 unspecified atom stereocenters. The Labute approximate surface area is 175 Å². The molecule has 2 aromatic heterocycles. The van der Waals surface area contributed by atoms with Crippen molar-refractivity contribution in [3.8, 4) is 0 Å². The lowest BCUT2D eigenvalue weighted by atomic mass is 10.1. The molecule has 3 rings (SSSR count). The summed E-state index contributed by atoms with van der Waals surface area (Å²) in [6.07, 6.45) is -1.08. The van der Waals surface area contributed by atoms with E-state index in [0.29, 0.717) is 11.2 Å². The summed E-state index contributed by atoms with van der Waals surface area (Å²) in [5.41, 5.74) is 6.65. The van der Waals surface area contributed by atoms with Crippen molar-refractivity contribution in [2.75, 3.05) is 12.3 Å². The quantitative estimate of drug-likeness (QED) is 0.507. The maximum absolute atomic E-state index is 11.2. The smallest absolute Gasteiger partial charge is 0.333 e. The van der Waals surface area contributed by atoms with E-state index in [-0.39, 0.29) is 10.9 Å². The third-order valence-electron chi connectivity index (χ3n) is 5.61. The van der Waals surface area contributed by atoms with Gasteiger partial charge in [-0.2, -0.15) is 8.42 Å². The molecule has 3 heterocycles. The maximum atomic E-state index is 11.2. The minimum atomic E-state index is -4.20. The van der Waals surface area contributed by atoms with Gasteiger partial charge in [-0.25, -0.2) is 20.1 Å². The summed E-state index contributed by atoms with van der Waals surface area (Å²) in [5.74, 6) is 0.202. The van der Waals surface area contributed by atoms with Crippen molar-refractivity contribution in [1.82, 2.24) is 19.5 Å². The fraction of sp³-hybridized carbons (Fsp3) is 0.688. The maximum Gasteiger partial charge on any atom is 0.333 e. The molecule has 1 aliphatic rings. The van der Waals surface area contributed by atoms with Crippen LogP contribution in [-0.4, -0.2) is 66.3 Å². The van der Waals surface area contributed by atoms with Crippen LogP contribution in [0.4, 0.5) is 5.82 Å². The largest absolute Gasteiger partial charge is 0.407 e. The van der Waals surface area contributed by atoms with Crippen LogP contribution in [-0.2, 0) is 23.7 Å². The molecule has 0 radical (unpaired) electrons. The number of nitrogens with two attached hydrogens (primary N) is 2. The van der Waals surface area contributed by atoms with Crippen molar-refractivity contribution in [1.29, 1.82) is 0 Å². The van der Waals surface area contributed by atoms with Crippen LogP contribution in [0.5, 0.6) is 0 Å². The monoisotopic (exact) mass is 460 g/mol. The first-order valence-electron chi connectivity index (χ1n) is 9.33. The zero-order chi connectivity index (χ0) is 22.5. The van der Waals surface area contributed by atoms with Gasteiger partial charge in [-0.3, -0.25) is 8.75 Å². The van der Waals surface area contributed by atoms with E-state index in [1.54, 1.807) is 4.57 Å². The second-order valence-electron chi connectivity index (χ2n) is 8.76. The number of imidazole rings is 1. The van der Waals surface area contributed by atoms with Crippen LogP contribution in [0.2, 0.25) is 18.1 Å². The van der Waals surface area contributed by atoms with Crippen LogP contribution in [0.25, 0.3) is 11.2 Å². The zero-order valence-corrected chi connectivity index (χ0v) is 19.3. The number of fused-ring (bicyclic) bond motifs is 1. The van der Waals surface area contributed by atoms with E-state index < -0.39 is 49.8 Å². The highest BCUT2D eigenvalue weighted by atomic mass is 32.2. The molecule has 5 N–H and O–H groups in total. The molecule has 1 saturated heterocycles. The topological polar surface area (TPSA) is 178 Å². The molecule has 2 aromatic rings. The molecule has 14 heteroatoms. The Balaban J connectivity index is 1.99. The number of hydrogen-bond donors (Lipinski definition) is 3. The summed E-state index contributed by atoms with van der Waals surface area (Å²) in [4.78, 5) is 12.4. The van der Waals surface area contributed by atoms with Gasteiger partial charge in [-0.1, -0.05) is 20.8 Å². The average Bonchev–Trinajstić information content (AvgIpc) is 3.15. The number of aliphatic hydroxyl groups is 1. The number of nitrogens with zero attached hydrogens (tertiary/aromatic N) is 4. The number of aromatic nitrogens is 4. The number of hydrogen-bond acceptors (Lipinski definition) is 10. The van der Waals surface area contributed by atoms with Gasteiger partial charge in [-0.05, 0) is 18.1 Å². The molecule has 30 heavy (non-hydrogen) atoms.